The highest BCUT2D eigenvalue weighted by Gasteiger charge is 2.76. The minimum absolute atomic E-state index is 0.00740. The van der Waals surface area contributed by atoms with Crippen LogP contribution < -0.4 is 10.6 Å². The van der Waals surface area contributed by atoms with Crippen molar-refractivity contribution in [2.45, 2.75) is 62.1 Å². The lowest BCUT2D eigenvalue weighted by molar-refractivity contribution is -0.142. The van der Waals surface area contributed by atoms with E-state index in [1.165, 1.54) is 0 Å². The maximum absolute atomic E-state index is 13.9. The van der Waals surface area contributed by atoms with Gasteiger partial charge in [-0.2, -0.15) is 0 Å². The lowest BCUT2D eigenvalue weighted by Gasteiger charge is -2.40. The molecule has 4 rings (SSSR count). The van der Waals surface area contributed by atoms with Gasteiger partial charge < -0.3 is 20.6 Å². The van der Waals surface area contributed by atoms with Gasteiger partial charge in [-0.25, -0.2) is 0 Å². The van der Waals surface area contributed by atoms with E-state index < -0.39 is 28.7 Å². The van der Waals surface area contributed by atoms with Crippen LogP contribution in [0.15, 0.2) is 24.3 Å². The molecule has 3 N–H and O–H groups in total. The SMILES string of the molecule is CCCNC(=O)[C@@H]1[C@H]2C(=O)N([C@@H](CC)CO)C(C(=O)Nc3ccc(Cl)cc3)C23S[C@@H]1CC3C. The number of hydrogen-bond acceptors (Lipinski definition) is 5. The second kappa shape index (κ2) is 9.47. The van der Waals surface area contributed by atoms with Gasteiger partial charge in [0, 0.05) is 22.5 Å². The largest absolute Gasteiger partial charge is 0.394 e. The van der Waals surface area contributed by atoms with E-state index >= 15 is 0 Å². The number of fused-ring (bicyclic) bond motifs is 1. The zero-order chi connectivity index (χ0) is 23.9. The Morgan fingerprint density at radius 1 is 1.27 bits per heavy atom. The zero-order valence-corrected chi connectivity index (χ0v) is 20.8. The van der Waals surface area contributed by atoms with Gasteiger partial charge in [-0.15, -0.1) is 11.8 Å². The van der Waals surface area contributed by atoms with E-state index in [-0.39, 0.29) is 35.5 Å². The number of carbonyl (C=O) groups excluding carboxylic acids is 3. The lowest BCUT2D eigenvalue weighted by atomic mass is 9.66. The van der Waals surface area contributed by atoms with Gasteiger partial charge >= 0.3 is 0 Å². The summed E-state index contributed by atoms with van der Waals surface area (Å²) in [6.45, 7) is 6.30. The van der Waals surface area contributed by atoms with Crippen molar-refractivity contribution in [3.8, 4) is 0 Å². The Balaban J connectivity index is 1.74. The van der Waals surface area contributed by atoms with Crippen molar-refractivity contribution in [3.63, 3.8) is 0 Å². The molecule has 3 saturated heterocycles. The number of carbonyl (C=O) groups is 3. The predicted octanol–water partition coefficient (Wildman–Crippen LogP) is 2.91. The molecule has 2 bridgehead atoms. The van der Waals surface area contributed by atoms with E-state index in [9.17, 15) is 19.5 Å². The Hall–Kier alpha value is -1.77. The van der Waals surface area contributed by atoms with E-state index in [4.69, 9.17) is 11.6 Å². The number of anilines is 1. The van der Waals surface area contributed by atoms with E-state index in [0.717, 1.165) is 12.8 Å². The molecule has 180 valence electrons. The number of benzene rings is 1. The third kappa shape index (κ3) is 3.84. The summed E-state index contributed by atoms with van der Waals surface area (Å²) in [4.78, 5) is 42.4. The Bertz CT molecular complexity index is 925. The Labute approximate surface area is 204 Å². The van der Waals surface area contributed by atoms with Crippen LogP contribution in [0.4, 0.5) is 5.69 Å². The third-order valence-corrected chi connectivity index (χ3v) is 9.80. The van der Waals surface area contributed by atoms with Crippen LogP contribution in [0.2, 0.25) is 5.02 Å². The fourth-order valence-electron chi connectivity index (χ4n) is 5.98. The molecular weight excluding hydrogens is 462 g/mol. The number of aliphatic hydroxyl groups is 1. The van der Waals surface area contributed by atoms with Crippen LogP contribution in [0.3, 0.4) is 0 Å². The zero-order valence-electron chi connectivity index (χ0n) is 19.2. The molecule has 33 heavy (non-hydrogen) atoms. The van der Waals surface area contributed by atoms with Crippen molar-refractivity contribution in [1.82, 2.24) is 10.2 Å². The molecule has 1 aromatic rings. The van der Waals surface area contributed by atoms with E-state index in [1.807, 2.05) is 13.8 Å². The van der Waals surface area contributed by atoms with Crippen LogP contribution in [-0.2, 0) is 14.4 Å². The summed E-state index contributed by atoms with van der Waals surface area (Å²) in [5, 5.41) is 16.6. The van der Waals surface area contributed by atoms with Crippen molar-refractivity contribution in [2.75, 3.05) is 18.5 Å². The first-order valence-electron chi connectivity index (χ1n) is 11.7. The highest BCUT2D eigenvalue weighted by molar-refractivity contribution is 8.02. The molecule has 3 unspecified atom stereocenters. The standard InChI is InChI=1S/C24H32ClN3O4S/c1-4-10-26-21(30)18-17-11-13(3)24(33-17)19(18)23(32)28(16(5-2)12-29)20(24)22(31)27-15-8-6-14(25)7-9-15/h6-9,13,16-20,29H,4-5,10-12H2,1-3H3,(H,26,30)(H,27,31)/t13?,16-,17+,18-,19-,20?,24?/m0/s1. The molecule has 0 saturated carbocycles. The van der Waals surface area contributed by atoms with Crippen LogP contribution in [0.5, 0.6) is 0 Å². The van der Waals surface area contributed by atoms with Crippen LogP contribution in [0, 0.1) is 17.8 Å². The molecule has 3 aliphatic rings. The van der Waals surface area contributed by atoms with Crippen molar-refractivity contribution >= 4 is 46.8 Å². The number of nitrogens with zero attached hydrogens (tertiary/aromatic N) is 1. The van der Waals surface area contributed by atoms with Crippen LogP contribution in [0.1, 0.15) is 40.0 Å². The lowest BCUT2D eigenvalue weighted by Crippen LogP contribution is -2.57. The minimum atomic E-state index is -0.767. The maximum Gasteiger partial charge on any atom is 0.248 e. The topological polar surface area (TPSA) is 98.7 Å². The average Bonchev–Trinajstić information content (AvgIpc) is 3.39. The molecule has 0 aromatic heterocycles. The number of hydrogen-bond donors (Lipinski definition) is 3. The second-order valence-corrected chi connectivity index (χ2v) is 11.3. The van der Waals surface area contributed by atoms with Gasteiger partial charge in [0.1, 0.15) is 6.04 Å². The molecule has 7 atom stereocenters. The quantitative estimate of drug-likeness (QED) is 0.517. The average molecular weight is 494 g/mol. The summed E-state index contributed by atoms with van der Waals surface area (Å²) in [5.74, 6) is -1.52. The van der Waals surface area contributed by atoms with Gasteiger partial charge in [-0.1, -0.05) is 32.4 Å². The second-order valence-electron chi connectivity index (χ2n) is 9.33. The number of rotatable bonds is 8. The number of likely N-dealkylation sites (tertiary alicyclic amines) is 1. The molecule has 7 nitrogen and oxygen atoms in total. The molecule has 0 radical (unpaired) electrons. The molecule has 3 aliphatic heterocycles. The number of amides is 3. The van der Waals surface area contributed by atoms with Crippen LogP contribution in [0.25, 0.3) is 0 Å². The predicted molar refractivity (Wildman–Crippen MR) is 130 cm³/mol. The molecule has 3 fully saturated rings. The minimum Gasteiger partial charge on any atom is -0.394 e. The normalized spacial score (nSPS) is 33.2. The molecule has 0 aliphatic carbocycles. The number of aliphatic hydroxyl groups excluding tert-OH is 1. The van der Waals surface area contributed by atoms with E-state index in [1.54, 1.807) is 40.9 Å². The summed E-state index contributed by atoms with van der Waals surface area (Å²) in [6.07, 6.45) is 2.12. The first-order chi connectivity index (χ1) is 15.8. The van der Waals surface area contributed by atoms with Gasteiger partial charge in [0.25, 0.3) is 0 Å². The maximum atomic E-state index is 13.9. The number of thioether (sulfide) groups is 1. The highest BCUT2D eigenvalue weighted by atomic mass is 35.5. The number of nitrogens with one attached hydrogen (secondary N) is 2. The van der Waals surface area contributed by atoms with Crippen molar-refractivity contribution in [2.24, 2.45) is 17.8 Å². The first-order valence-corrected chi connectivity index (χ1v) is 13.0. The van der Waals surface area contributed by atoms with E-state index in [0.29, 0.717) is 23.7 Å². The van der Waals surface area contributed by atoms with Gasteiger partial charge in [-0.05, 0) is 49.4 Å². The molecular formula is C24H32ClN3O4S. The number of halogens is 1. The fraction of sp³-hybridized carbons (Fsp3) is 0.625. The van der Waals surface area contributed by atoms with Gasteiger partial charge in [0.05, 0.1) is 29.2 Å². The van der Waals surface area contributed by atoms with E-state index in [2.05, 4.69) is 17.6 Å². The highest BCUT2D eigenvalue weighted by Crippen LogP contribution is 2.68. The first kappa shape index (κ1) is 24.4. The Morgan fingerprint density at radius 2 is 1.97 bits per heavy atom. The summed E-state index contributed by atoms with van der Waals surface area (Å²) in [7, 11) is 0. The van der Waals surface area contributed by atoms with Gasteiger partial charge in [0.15, 0.2) is 0 Å². The Kier molecular flexibility index (Phi) is 6.99. The molecule has 3 amide bonds. The van der Waals surface area contributed by atoms with Crippen molar-refractivity contribution in [3.05, 3.63) is 29.3 Å². The van der Waals surface area contributed by atoms with Crippen LogP contribution in [-0.4, -0.2) is 63.0 Å². The third-order valence-electron chi connectivity index (χ3n) is 7.47. The summed E-state index contributed by atoms with van der Waals surface area (Å²) in [6, 6.07) is 5.60. The van der Waals surface area contributed by atoms with Crippen molar-refractivity contribution < 1.29 is 19.5 Å². The van der Waals surface area contributed by atoms with Crippen molar-refractivity contribution in [1.29, 1.82) is 0 Å². The molecule has 1 aromatic carbocycles. The molecule has 9 heteroatoms. The molecule has 3 heterocycles. The van der Waals surface area contributed by atoms with Gasteiger partial charge in [0.2, 0.25) is 17.7 Å². The van der Waals surface area contributed by atoms with Gasteiger partial charge in [-0.3, -0.25) is 14.4 Å². The molecule has 1 spiro atoms. The monoisotopic (exact) mass is 493 g/mol. The summed E-state index contributed by atoms with van der Waals surface area (Å²) < 4.78 is -0.699. The smallest absolute Gasteiger partial charge is 0.248 e. The van der Waals surface area contributed by atoms with Crippen LogP contribution >= 0.6 is 23.4 Å². The fourth-order valence-corrected chi connectivity index (χ4v) is 8.51. The Morgan fingerprint density at radius 3 is 2.58 bits per heavy atom. The summed E-state index contributed by atoms with van der Waals surface area (Å²) >= 11 is 7.62. The summed E-state index contributed by atoms with van der Waals surface area (Å²) in [5.41, 5.74) is 0.594.